The van der Waals surface area contributed by atoms with E-state index in [1.165, 1.54) is 14.1 Å². The second kappa shape index (κ2) is 20.0. The van der Waals surface area contributed by atoms with Crippen LogP contribution in [0.3, 0.4) is 0 Å². The van der Waals surface area contributed by atoms with Gasteiger partial charge in [0.05, 0.1) is 43.9 Å². The first-order valence-electron chi connectivity index (χ1n) is 15.8. The van der Waals surface area contributed by atoms with Crippen molar-refractivity contribution in [3.63, 3.8) is 0 Å². The third-order valence-corrected chi connectivity index (χ3v) is 10.9. The van der Waals surface area contributed by atoms with E-state index in [1.807, 2.05) is 0 Å². The van der Waals surface area contributed by atoms with Gasteiger partial charge >= 0.3 is 46.3 Å². The Morgan fingerprint density at radius 3 is 1.28 bits per heavy atom. The Morgan fingerprint density at radius 1 is 0.586 bits per heavy atom. The van der Waals surface area contributed by atoms with Gasteiger partial charge in [-0.1, -0.05) is 59.0 Å². The fourth-order valence-corrected chi connectivity index (χ4v) is 6.59. The molecule has 0 saturated carbocycles. The zero-order chi connectivity index (χ0) is 40.9. The molecule has 0 aliphatic carbocycles. The molecule has 0 saturated heterocycles. The molecular weight excluding hydrogens is 893 g/mol. The number of sulfonamides is 2. The summed E-state index contributed by atoms with van der Waals surface area (Å²) in [4.78, 5) is -0.283. The van der Waals surface area contributed by atoms with E-state index < -0.39 is 43.3 Å². The molecule has 0 bridgehead atoms. The van der Waals surface area contributed by atoms with Gasteiger partial charge in [0.25, 0.3) is 0 Å². The Labute approximate surface area is 374 Å². The average molecular weight is 922 g/mol. The van der Waals surface area contributed by atoms with Crippen LogP contribution in [0.15, 0.2) is 115 Å². The number of nitrogens with one attached hydrogen (secondary N) is 2. The van der Waals surface area contributed by atoms with Crippen LogP contribution in [-0.2, 0) is 36.8 Å². The number of rotatable bonds is 10. The van der Waals surface area contributed by atoms with Gasteiger partial charge in [0.1, 0.15) is 11.4 Å². The predicted octanol–water partition coefficient (Wildman–Crippen LogP) is 1.61. The predicted molar refractivity (Wildman–Crippen MR) is 198 cm³/mol. The summed E-state index contributed by atoms with van der Waals surface area (Å²) in [7, 11) is -5.01. The Morgan fingerprint density at radius 2 is 0.948 bits per heavy atom. The Balaban J connectivity index is 0.000000300. The SMILES string of the molecule is CNS(=O)(=O)c1ccc([O-])c(N=Nc2c(C)nn(-c3cccc(Cl)c3)c2[O-])c1.CNS(=O)(=O)c1ccc([O-])c(N=Nc2c(C)nn(-c3cccc(Cl)c3)c2[O-])c1.[Co+3].[Na+]. The van der Waals surface area contributed by atoms with Gasteiger partial charge < -0.3 is 20.4 Å². The first-order valence-corrected chi connectivity index (χ1v) is 19.6. The van der Waals surface area contributed by atoms with Crippen molar-refractivity contribution in [1.29, 1.82) is 0 Å². The van der Waals surface area contributed by atoms with Crippen molar-refractivity contribution in [3.05, 3.63) is 106 Å². The molecule has 0 aliphatic rings. The molecule has 0 spiro atoms. The number of hydrogen-bond acceptors (Lipinski definition) is 14. The number of halogens is 2. The van der Waals surface area contributed by atoms with Crippen molar-refractivity contribution in [3.8, 4) is 34.6 Å². The summed E-state index contributed by atoms with van der Waals surface area (Å²) in [6, 6.07) is 19.7. The minimum absolute atomic E-state index is 0. The first-order chi connectivity index (χ1) is 26.4. The molecule has 0 fully saturated rings. The zero-order valence-corrected chi connectivity index (χ0v) is 37.0. The van der Waals surface area contributed by atoms with Crippen molar-refractivity contribution >= 4 is 66.0 Å². The fraction of sp³-hybridized carbons (Fsp3) is 0.118. The largest absolute Gasteiger partial charge is 3.00 e. The topological polar surface area (TPSA) is 270 Å². The van der Waals surface area contributed by atoms with Crippen molar-refractivity contribution in [1.82, 2.24) is 29.0 Å². The smallest absolute Gasteiger partial charge is 0.871 e. The molecule has 2 N–H and O–H groups in total. The van der Waals surface area contributed by atoms with Crippen LogP contribution in [0, 0.1) is 13.8 Å². The van der Waals surface area contributed by atoms with Gasteiger partial charge in [-0.3, -0.25) is 0 Å². The number of nitrogens with zero attached hydrogens (tertiary/aromatic N) is 8. The average Bonchev–Trinajstić information content (AvgIpc) is 3.62. The number of benzene rings is 4. The molecule has 298 valence electrons. The van der Waals surface area contributed by atoms with E-state index in [0.29, 0.717) is 32.8 Å². The molecule has 0 amide bonds. The van der Waals surface area contributed by atoms with Crippen LogP contribution in [0.5, 0.6) is 23.3 Å². The molecule has 0 unspecified atom stereocenters. The Bertz CT molecular complexity index is 2550. The Hall–Kier alpha value is -4.39. The van der Waals surface area contributed by atoms with E-state index in [1.54, 1.807) is 62.4 Å². The van der Waals surface area contributed by atoms with Crippen LogP contribution in [-0.4, -0.2) is 50.5 Å². The molecule has 2 heterocycles. The molecule has 4 aromatic carbocycles. The molecule has 6 aromatic rings. The summed E-state index contributed by atoms with van der Waals surface area (Å²) < 4.78 is 54.0. The van der Waals surface area contributed by atoms with E-state index in [4.69, 9.17) is 23.2 Å². The summed E-state index contributed by atoms with van der Waals surface area (Å²) in [5.41, 5.74) is 0.918. The first kappa shape index (κ1) is 48.0. The van der Waals surface area contributed by atoms with E-state index in [2.05, 4.69) is 40.1 Å². The van der Waals surface area contributed by atoms with Crippen molar-refractivity contribution < 1.29 is 83.6 Å². The third-order valence-electron chi connectivity index (χ3n) is 7.62. The molecule has 58 heavy (non-hydrogen) atoms. The van der Waals surface area contributed by atoms with Crippen LogP contribution in [0.2, 0.25) is 10.0 Å². The van der Waals surface area contributed by atoms with E-state index in [9.17, 15) is 37.3 Å². The molecule has 24 heteroatoms. The minimum Gasteiger partial charge on any atom is -0.871 e. The van der Waals surface area contributed by atoms with Crippen LogP contribution < -0.4 is 59.4 Å². The van der Waals surface area contributed by atoms with Crippen molar-refractivity contribution in [2.24, 2.45) is 20.5 Å². The number of aromatic nitrogens is 4. The summed E-state index contributed by atoms with van der Waals surface area (Å²) in [6.45, 7) is 3.13. The fourth-order valence-electron chi connectivity index (χ4n) is 4.72. The summed E-state index contributed by atoms with van der Waals surface area (Å²) in [5.74, 6) is -2.16. The van der Waals surface area contributed by atoms with E-state index in [0.717, 1.165) is 45.8 Å². The summed E-state index contributed by atoms with van der Waals surface area (Å²) >= 11 is 11.9. The van der Waals surface area contributed by atoms with Gasteiger partial charge in [-0.15, -0.1) is 10.2 Å². The molecular formula is C34H28Cl2CoN10NaO8S2. The molecule has 0 aliphatic heterocycles. The van der Waals surface area contributed by atoms with E-state index in [-0.39, 0.29) is 78.9 Å². The maximum atomic E-state index is 12.6. The number of hydrogen-bond donors (Lipinski definition) is 2. The van der Waals surface area contributed by atoms with Gasteiger partial charge in [-0.2, -0.15) is 20.4 Å². The van der Waals surface area contributed by atoms with Gasteiger partial charge in [-0.05, 0) is 88.6 Å². The van der Waals surface area contributed by atoms with Crippen molar-refractivity contribution in [2.45, 2.75) is 23.6 Å². The zero-order valence-electron chi connectivity index (χ0n) is 30.8. The molecule has 6 rings (SSSR count). The molecule has 2 aromatic heterocycles. The van der Waals surface area contributed by atoms with Gasteiger partial charge in [0, 0.05) is 21.8 Å². The quantitative estimate of drug-likeness (QED) is 0.148. The number of azo groups is 2. The molecule has 0 radical (unpaired) electrons. The maximum absolute atomic E-state index is 12.6. The second-order valence-electron chi connectivity index (χ2n) is 11.3. The monoisotopic (exact) mass is 920 g/mol. The van der Waals surface area contributed by atoms with Crippen LogP contribution in [0.1, 0.15) is 11.4 Å². The number of aryl methyl sites for hydroxylation is 2. The second-order valence-corrected chi connectivity index (χ2v) is 16.0. The minimum atomic E-state index is -3.75. The van der Waals surface area contributed by atoms with E-state index >= 15 is 0 Å². The summed E-state index contributed by atoms with van der Waals surface area (Å²) in [5, 5.41) is 73.5. The van der Waals surface area contributed by atoms with Gasteiger partial charge in [0.15, 0.2) is 0 Å². The maximum Gasteiger partial charge on any atom is 3.00 e. The standard InChI is InChI=1S/2C17H16ClN5O4S.Co.Na/c2*1-10-16(17(25)23(22-10)12-5-3-4-11(18)8-12)21-20-14-9-13(6-7-15(14)24)28(26,27)19-2;;/h2*3-9,19,24-25H,1-2H3;;/q;;+3;+1/p-4. The molecule has 18 nitrogen and oxygen atoms in total. The van der Waals surface area contributed by atoms with Crippen molar-refractivity contribution in [2.75, 3.05) is 14.1 Å². The van der Waals surface area contributed by atoms with Gasteiger partial charge in [-0.25, -0.2) is 35.6 Å². The van der Waals surface area contributed by atoms with Crippen LogP contribution in [0.4, 0.5) is 22.7 Å². The van der Waals surface area contributed by atoms with Gasteiger partial charge in [0.2, 0.25) is 20.0 Å². The normalized spacial score (nSPS) is 11.6. The van der Waals surface area contributed by atoms with Crippen LogP contribution >= 0.6 is 23.2 Å². The molecule has 0 atom stereocenters. The summed E-state index contributed by atoms with van der Waals surface area (Å²) in [6.07, 6.45) is 0. The van der Waals surface area contributed by atoms with Crippen LogP contribution in [0.25, 0.3) is 11.4 Å². The third kappa shape index (κ3) is 11.0. The Kier molecular flexibility index (Phi) is 16.6.